The molecule has 2 amide bonds. The zero-order chi connectivity index (χ0) is 16.5. The van der Waals surface area contributed by atoms with Crippen molar-refractivity contribution in [1.82, 2.24) is 14.8 Å². The lowest BCUT2D eigenvalue weighted by molar-refractivity contribution is -0.140. The Hall–Kier alpha value is -1.43. The van der Waals surface area contributed by atoms with Gasteiger partial charge < -0.3 is 9.80 Å². The third kappa shape index (κ3) is 3.21. The Balaban J connectivity index is 1.45. The smallest absolute Gasteiger partial charge is 0.228 e. The molecule has 4 heterocycles. The van der Waals surface area contributed by atoms with E-state index < -0.39 is 0 Å². The fourth-order valence-electron chi connectivity index (χ4n) is 4.53. The molecule has 0 N–H and O–H groups in total. The SMILES string of the molecule is O=C(CC1CCCC1)N1CC2CCC(C1)N(Cc1cscn1)C2=O. The molecule has 1 aliphatic carbocycles. The predicted octanol–water partition coefficient (Wildman–Crippen LogP) is 2.67. The van der Waals surface area contributed by atoms with Crippen molar-refractivity contribution in [2.45, 2.75) is 57.5 Å². The minimum absolute atomic E-state index is 0.0186. The maximum Gasteiger partial charge on any atom is 0.228 e. The van der Waals surface area contributed by atoms with Crippen molar-refractivity contribution in [1.29, 1.82) is 0 Å². The molecule has 5 rings (SSSR count). The molecule has 24 heavy (non-hydrogen) atoms. The van der Waals surface area contributed by atoms with Gasteiger partial charge in [0.1, 0.15) is 0 Å². The van der Waals surface area contributed by atoms with E-state index in [1.807, 2.05) is 20.7 Å². The molecule has 2 bridgehead atoms. The number of hydrogen-bond acceptors (Lipinski definition) is 4. The standard InChI is InChI=1S/C18H25N3O2S/c22-17(7-13-3-1-2-4-13)20-8-14-5-6-16(10-20)21(18(14)23)9-15-11-24-12-19-15/h11-14,16H,1-10H2. The van der Waals surface area contributed by atoms with Crippen molar-refractivity contribution in [3.05, 3.63) is 16.6 Å². The highest BCUT2D eigenvalue weighted by Crippen LogP contribution is 2.32. The first-order valence-corrected chi connectivity index (χ1v) is 10.1. The van der Waals surface area contributed by atoms with Gasteiger partial charge in [0.25, 0.3) is 0 Å². The van der Waals surface area contributed by atoms with Crippen molar-refractivity contribution in [3.8, 4) is 0 Å². The maximum absolute atomic E-state index is 12.8. The molecule has 2 unspecified atom stereocenters. The molecule has 0 aromatic carbocycles. The molecule has 1 saturated carbocycles. The maximum atomic E-state index is 12.8. The fraction of sp³-hybridized carbons (Fsp3) is 0.722. The van der Waals surface area contributed by atoms with Gasteiger partial charge in [-0.3, -0.25) is 9.59 Å². The molecule has 130 valence electrons. The molecule has 4 fully saturated rings. The third-order valence-electron chi connectivity index (χ3n) is 5.90. The molecular formula is C18H25N3O2S. The quantitative estimate of drug-likeness (QED) is 0.841. The third-order valence-corrected chi connectivity index (χ3v) is 6.54. The summed E-state index contributed by atoms with van der Waals surface area (Å²) in [4.78, 5) is 33.8. The average molecular weight is 347 g/mol. The number of carbonyl (C=O) groups is 2. The number of nitrogens with zero attached hydrogens (tertiary/aromatic N) is 3. The predicted molar refractivity (Wildman–Crippen MR) is 92.3 cm³/mol. The molecule has 0 spiro atoms. The summed E-state index contributed by atoms with van der Waals surface area (Å²) in [5, 5.41) is 2.01. The molecule has 1 aromatic rings. The van der Waals surface area contributed by atoms with E-state index in [9.17, 15) is 9.59 Å². The lowest BCUT2D eigenvalue weighted by atomic mass is 9.94. The van der Waals surface area contributed by atoms with Gasteiger partial charge in [0, 0.05) is 30.9 Å². The monoisotopic (exact) mass is 347 g/mol. The lowest BCUT2D eigenvalue weighted by Crippen LogP contribution is -2.47. The minimum Gasteiger partial charge on any atom is -0.340 e. The highest BCUT2D eigenvalue weighted by Gasteiger charge is 2.42. The summed E-state index contributed by atoms with van der Waals surface area (Å²) < 4.78 is 0. The summed E-state index contributed by atoms with van der Waals surface area (Å²) in [7, 11) is 0. The summed E-state index contributed by atoms with van der Waals surface area (Å²) in [6.45, 7) is 1.92. The topological polar surface area (TPSA) is 53.5 Å². The van der Waals surface area contributed by atoms with Crippen LogP contribution in [-0.4, -0.2) is 45.7 Å². The van der Waals surface area contributed by atoms with Crippen LogP contribution in [0.15, 0.2) is 10.9 Å². The van der Waals surface area contributed by atoms with Gasteiger partial charge in [0.2, 0.25) is 11.8 Å². The molecule has 3 aliphatic heterocycles. The summed E-state index contributed by atoms with van der Waals surface area (Å²) in [5.74, 6) is 1.03. The number of amides is 2. The van der Waals surface area contributed by atoms with Crippen LogP contribution in [0.1, 0.15) is 50.6 Å². The van der Waals surface area contributed by atoms with E-state index in [4.69, 9.17) is 0 Å². The van der Waals surface area contributed by atoms with Crippen molar-refractivity contribution < 1.29 is 9.59 Å². The van der Waals surface area contributed by atoms with Crippen LogP contribution >= 0.6 is 11.3 Å². The van der Waals surface area contributed by atoms with Crippen LogP contribution in [0.2, 0.25) is 0 Å². The van der Waals surface area contributed by atoms with E-state index in [0.717, 1.165) is 18.5 Å². The van der Waals surface area contributed by atoms with Gasteiger partial charge in [0.05, 0.1) is 23.7 Å². The second kappa shape index (κ2) is 6.82. The lowest BCUT2D eigenvalue weighted by Gasteiger charge is -2.35. The number of aromatic nitrogens is 1. The Kier molecular flexibility index (Phi) is 4.57. The van der Waals surface area contributed by atoms with E-state index >= 15 is 0 Å². The van der Waals surface area contributed by atoms with E-state index in [0.29, 0.717) is 32.0 Å². The van der Waals surface area contributed by atoms with Crippen molar-refractivity contribution in [3.63, 3.8) is 0 Å². The number of piperidine rings is 1. The van der Waals surface area contributed by atoms with Gasteiger partial charge in [-0.1, -0.05) is 12.8 Å². The summed E-state index contributed by atoms with van der Waals surface area (Å²) in [6, 6.07) is 0.158. The molecule has 0 radical (unpaired) electrons. The Morgan fingerprint density at radius 3 is 2.79 bits per heavy atom. The van der Waals surface area contributed by atoms with Crippen molar-refractivity contribution >= 4 is 23.2 Å². The van der Waals surface area contributed by atoms with Crippen LogP contribution < -0.4 is 0 Å². The van der Waals surface area contributed by atoms with Crippen molar-refractivity contribution in [2.24, 2.45) is 11.8 Å². The van der Waals surface area contributed by atoms with E-state index in [1.54, 1.807) is 11.3 Å². The van der Waals surface area contributed by atoms with Gasteiger partial charge >= 0.3 is 0 Å². The molecular weight excluding hydrogens is 322 g/mol. The summed E-state index contributed by atoms with van der Waals surface area (Å²) >= 11 is 1.56. The Morgan fingerprint density at radius 1 is 1.21 bits per heavy atom. The highest BCUT2D eigenvalue weighted by atomic mass is 32.1. The molecule has 6 heteroatoms. The van der Waals surface area contributed by atoms with Crippen LogP contribution in [0.4, 0.5) is 0 Å². The summed E-state index contributed by atoms with van der Waals surface area (Å²) in [6.07, 6.45) is 7.53. The second-order valence-corrected chi connectivity index (χ2v) is 8.25. The molecule has 3 saturated heterocycles. The van der Waals surface area contributed by atoms with E-state index in [2.05, 4.69) is 4.98 Å². The minimum atomic E-state index is -0.0186. The largest absolute Gasteiger partial charge is 0.340 e. The Morgan fingerprint density at radius 2 is 2.04 bits per heavy atom. The van der Waals surface area contributed by atoms with Crippen LogP contribution in [0.3, 0.4) is 0 Å². The van der Waals surface area contributed by atoms with Crippen molar-refractivity contribution in [2.75, 3.05) is 13.1 Å². The van der Waals surface area contributed by atoms with Gasteiger partial charge in [-0.05, 0) is 31.6 Å². The fourth-order valence-corrected chi connectivity index (χ4v) is 5.08. The first-order valence-electron chi connectivity index (χ1n) is 9.16. The van der Waals surface area contributed by atoms with Gasteiger partial charge in [-0.15, -0.1) is 11.3 Å². The van der Waals surface area contributed by atoms with Gasteiger partial charge in [-0.25, -0.2) is 4.98 Å². The zero-order valence-electron chi connectivity index (χ0n) is 14.0. The van der Waals surface area contributed by atoms with Crippen LogP contribution in [-0.2, 0) is 16.1 Å². The molecule has 4 aliphatic rings. The summed E-state index contributed by atoms with van der Waals surface area (Å²) in [5.41, 5.74) is 2.78. The first-order chi connectivity index (χ1) is 11.7. The average Bonchev–Trinajstić information content (AvgIpc) is 3.20. The molecule has 5 nitrogen and oxygen atoms in total. The second-order valence-electron chi connectivity index (χ2n) is 7.53. The number of hydrogen-bond donors (Lipinski definition) is 0. The highest BCUT2D eigenvalue weighted by molar-refractivity contribution is 7.07. The number of carbonyl (C=O) groups excluding carboxylic acids is 2. The molecule has 1 aromatic heterocycles. The van der Waals surface area contributed by atoms with Gasteiger partial charge in [-0.2, -0.15) is 0 Å². The number of thiazole rings is 1. The Bertz CT molecular complexity index is 597. The van der Waals surface area contributed by atoms with E-state index in [1.165, 1.54) is 25.7 Å². The van der Waals surface area contributed by atoms with E-state index in [-0.39, 0.29) is 23.8 Å². The normalized spacial score (nSPS) is 27.8. The van der Waals surface area contributed by atoms with Crippen LogP contribution in [0.5, 0.6) is 0 Å². The molecule has 2 atom stereocenters. The number of fused-ring (bicyclic) bond motifs is 4. The zero-order valence-corrected chi connectivity index (χ0v) is 14.8. The first kappa shape index (κ1) is 16.1. The van der Waals surface area contributed by atoms with Crippen LogP contribution in [0.25, 0.3) is 0 Å². The Labute approximate surface area is 147 Å². The van der Waals surface area contributed by atoms with Crippen LogP contribution in [0, 0.1) is 11.8 Å². The number of rotatable bonds is 4. The van der Waals surface area contributed by atoms with Gasteiger partial charge in [0.15, 0.2) is 0 Å².